The molecule has 4 nitrogen and oxygen atoms in total. The maximum absolute atomic E-state index is 11.9. The van der Waals surface area contributed by atoms with Crippen LogP contribution in [0.1, 0.15) is 0 Å². The molecule has 8 heteroatoms. The van der Waals surface area contributed by atoms with Crippen LogP contribution < -0.4 is 5.32 Å². The van der Waals surface area contributed by atoms with E-state index in [1.807, 2.05) is 24.5 Å². The lowest BCUT2D eigenvalue weighted by molar-refractivity contribution is -0.144. The Morgan fingerprint density at radius 2 is 1.88 bits per heavy atom. The average molecular weight is 416 g/mol. The quantitative estimate of drug-likeness (QED) is 0.509. The molecule has 25 heavy (non-hydrogen) atoms. The maximum Gasteiger partial charge on any atom is 0.316 e. The number of hydrogen-bond acceptors (Lipinski definition) is 5. The number of ether oxygens (including phenoxy) is 1. The summed E-state index contributed by atoms with van der Waals surface area (Å²) in [5.74, 6) is -0.857. The van der Waals surface area contributed by atoms with Crippen molar-refractivity contribution in [2.75, 3.05) is 23.9 Å². The van der Waals surface area contributed by atoms with Crippen molar-refractivity contribution in [3.8, 4) is 0 Å². The molecule has 0 unspecified atom stereocenters. The predicted molar refractivity (Wildman–Crippen MR) is 105 cm³/mol. The molecule has 0 radical (unpaired) electrons. The standard InChI is InChI=1S/C17H15Cl2NO3S2/c1-24-14-5-3-2-4-13(14)20-16(21)9-23-17(22)10-25-15-8-11(18)6-7-12(15)19/h2-8H,9-10H2,1H3,(H,20,21). The first-order valence-corrected chi connectivity index (χ1v) is 10.1. The van der Waals surface area contributed by atoms with Gasteiger partial charge in [0, 0.05) is 14.8 Å². The van der Waals surface area contributed by atoms with Gasteiger partial charge in [0.25, 0.3) is 5.91 Å². The van der Waals surface area contributed by atoms with Gasteiger partial charge in [-0.1, -0.05) is 35.3 Å². The highest BCUT2D eigenvalue weighted by molar-refractivity contribution is 8.00. The Labute approximate surface area is 164 Å². The SMILES string of the molecule is CSc1ccccc1NC(=O)COC(=O)CSc1cc(Cl)ccc1Cl. The van der Waals surface area contributed by atoms with Crippen LogP contribution in [0, 0.1) is 0 Å². The largest absolute Gasteiger partial charge is 0.455 e. The van der Waals surface area contributed by atoms with Crippen molar-refractivity contribution in [2.24, 2.45) is 0 Å². The molecule has 0 spiro atoms. The highest BCUT2D eigenvalue weighted by atomic mass is 35.5. The molecule has 0 heterocycles. The third-order valence-electron chi connectivity index (χ3n) is 2.98. The number of amides is 1. The topological polar surface area (TPSA) is 55.4 Å². The lowest BCUT2D eigenvalue weighted by atomic mass is 10.3. The molecule has 2 aromatic carbocycles. The molecule has 0 bridgehead atoms. The Morgan fingerprint density at radius 1 is 1.12 bits per heavy atom. The molecule has 0 atom stereocenters. The van der Waals surface area contributed by atoms with E-state index in [0.29, 0.717) is 20.6 Å². The Bertz CT molecular complexity index is 771. The van der Waals surface area contributed by atoms with E-state index in [2.05, 4.69) is 5.32 Å². The molecule has 0 aliphatic heterocycles. The fraction of sp³-hybridized carbons (Fsp3) is 0.176. The third-order valence-corrected chi connectivity index (χ3v) is 5.49. The molecule has 2 aromatic rings. The Balaban J connectivity index is 1.79. The van der Waals surface area contributed by atoms with Gasteiger partial charge in [-0.2, -0.15) is 0 Å². The van der Waals surface area contributed by atoms with E-state index in [1.54, 1.807) is 24.3 Å². The number of nitrogens with one attached hydrogen (secondary N) is 1. The molecule has 0 fully saturated rings. The molecule has 0 saturated carbocycles. The van der Waals surface area contributed by atoms with Gasteiger partial charge in [-0.05, 0) is 36.6 Å². The van der Waals surface area contributed by atoms with Crippen LogP contribution in [-0.4, -0.2) is 30.5 Å². The zero-order chi connectivity index (χ0) is 18.2. The monoisotopic (exact) mass is 415 g/mol. The molecule has 0 aliphatic rings. The summed E-state index contributed by atoms with van der Waals surface area (Å²) in [6.07, 6.45) is 1.92. The summed E-state index contributed by atoms with van der Waals surface area (Å²) in [6.45, 7) is -0.342. The van der Waals surface area contributed by atoms with Gasteiger partial charge in [0.1, 0.15) is 0 Å². The molecular weight excluding hydrogens is 401 g/mol. The number of benzene rings is 2. The summed E-state index contributed by atoms with van der Waals surface area (Å²) < 4.78 is 4.99. The number of hydrogen-bond donors (Lipinski definition) is 1. The van der Waals surface area contributed by atoms with E-state index in [4.69, 9.17) is 27.9 Å². The first-order valence-electron chi connectivity index (χ1n) is 7.16. The number of carbonyl (C=O) groups is 2. The summed E-state index contributed by atoms with van der Waals surface area (Å²) in [4.78, 5) is 25.3. The normalized spacial score (nSPS) is 10.4. The van der Waals surface area contributed by atoms with Gasteiger partial charge in [0.05, 0.1) is 16.5 Å². The number of anilines is 1. The number of halogens is 2. The second-order valence-electron chi connectivity index (χ2n) is 4.77. The van der Waals surface area contributed by atoms with E-state index in [0.717, 1.165) is 4.90 Å². The van der Waals surface area contributed by atoms with Gasteiger partial charge in [-0.3, -0.25) is 9.59 Å². The summed E-state index contributed by atoms with van der Waals surface area (Å²) in [7, 11) is 0. The van der Waals surface area contributed by atoms with Crippen LogP contribution in [0.15, 0.2) is 52.3 Å². The maximum atomic E-state index is 11.9. The van der Waals surface area contributed by atoms with Crippen molar-refractivity contribution in [3.63, 3.8) is 0 Å². The van der Waals surface area contributed by atoms with Crippen LogP contribution in [0.25, 0.3) is 0 Å². The molecule has 0 saturated heterocycles. The minimum absolute atomic E-state index is 0.0364. The molecule has 132 valence electrons. The van der Waals surface area contributed by atoms with Crippen molar-refractivity contribution in [1.82, 2.24) is 0 Å². The highest BCUT2D eigenvalue weighted by Gasteiger charge is 2.11. The summed E-state index contributed by atoms with van der Waals surface area (Å²) >= 11 is 14.6. The van der Waals surface area contributed by atoms with E-state index in [1.165, 1.54) is 23.5 Å². The zero-order valence-corrected chi connectivity index (χ0v) is 16.4. The van der Waals surface area contributed by atoms with E-state index >= 15 is 0 Å². The molecular formula is C17H15Cl2NO3S2. The minimum atomic E-state index is -0.505. The smallest absolute Gasteiger partial charge is 0.316 e. The first-order chi connectivity index (χ1) is 12.0. The Kier molecular flexibility index (Phi) is 7.96. The predicted octanol–water partition coefficient (Wildman–Crippen LogP) is 4.99. The van der Waals surface area contributed by atoms with Crippen molar-refractivity contribution < 1.29 is 14.3 Å². The minimum Gasteiger partial charge on any atom is -0.455 e. The van der Waals surface area contributed by atoms with Crippen LogP contribution in [0.5, 0.6) is 0 Å². The van der Waals surface area contributed by atoms with Gasteiger partial charge in [-0.25, -0.2) is 0 Å². The number of para-hydroxylation sites is 1. The fourth-order valence-electron chi connectivity index (χ4n) is 1.85. The highest BCUT2D eigenvalue weighted by Crippen LogP contribution is 2.29. The summed E-state index contributed by atoms with van der Waals surface area (Å²) in [6, 6.07) is 12.4. The van der Waals surface area contributed by atoms with E-state index < -0.39 is 5.97 Å². The lowest BCUT2D eigenvalue weighted by Crippen LogP contribution is -2.21. The molecule has 0 aliphatic carbocycles. The van der Waals surface area contributed by atoms with Gasteiger partial charge < -0.3 is 10.1 Å². The zero-order valence-electron chi connectivity index (χ0n) is 13.3. The number of thioether (sulfide) groups is 2. The van der Waals surface area contributed by atoms with Crippen molar-refractivity contribution in [2.45, 2.75) is 9.79 Å². The first kappa shape index (κ1) is 20.0. The fourth-order valence-corrected chi connectivity index (χ4v) is 3.69. The van der Waals surface area contributed by atoms with E-state index in [-0.39, 0.29) is 18.3 Å². The number of rotatable bonds is 7. The number of carbonyl (C=O) groups excluding carboxylic acids is 2. The van der Waals surface area contributed by atoms with E-state index in [9.17, 15) is 9.59 Å². The van der Waals surface area contributed by atoms with Crippen molar-refractivity contribution >= 4 is 64.3 Å². The average Bonchev–Trinajstić information content (AvgIpc) is 2.61. The van der Waals surface area contributed by atoms with Gasteiger partial charge in [0.15, 0.2) is 6.61 Å². The van der Waals surface area contributed by atoms with Crippen LogP contribution >= 0.6 is 46.7 Å². The molecule has 0 aromatic heterocycles. The second kappa shape index (κ2) is 9.97. The summed E-state index contributed by atoms with van der Waals surface area (Å²) in [5, 5.41) is 3.77. The number of esters is 1. The van der Waals surface area contributed by atoms with Crippen LogP contribution in [0.3, 0.4) is 0 Å². The van der Waals surface area contributed by atoms with Crippen LogP contribution in [0.2, 0.25) is 10.0 Å². The third kappa shape index (κ3) is 6.47. The van der Waals surface area contributed by atoms with Crippen molar-refractivity contribution in [1.29, 1.82) is 0 Å². The lowest BCUT2D eigenvalue weighted by Gasteiger charge is -2.10. The van der Waals surface area contributed by atoms with Crippen LogP contribution in [0.4, 0.5) is 5.69 Å². The summed E-state index contributed by atoms with van der Waals surface area (Å²) in [5.41, 5.74) is 0.691. The molecule has 1 N–H and O–H groups in total. The molecule has 1 amide bonds. The van der Waals surface area contributed by atoms with Gasteiger partial charge >= 0.3 is 5.97 Å². The second-order valence-corrected chi connectivity index (χ2v) is 7.48. The Morgan fingerprint density at radius 3 is 2.64 bits per heavy atom. The Hall–Kier alpha value is -1.34. The van der Waals surface area contributed by atoms with Gasteiger partial charge in [-0.15, -0.1) is 23.5 Å². The molecule has 2 rings (SSSR count). The van der Waals surface area contributed by atoms with Crippen molar-refractivity contribution in [3.05, 3.63) is 52.5 Å². The van der Waals surface area contributed by atoms with Gasteiger partial charge in [0.2, 0.25) is 0 Å². The van der Waals surface area contributed by atoms with Crippen LogP contribution in [-0.2, 0) is 14.3 Å².